The Balaban J connectivity index is 2.21. The standard InChI is InChI=1S/C17H14Cl6N2O/c18-16(19,20)13(11-7-3-1-4-8-11)24-15(26)25-14(17(21,22)23)12-9-5-2-6-10-12/h1-10,13-14H,(H2,24,25,26)/t13-,14+. The van der Waals surface area contributed by atoms with Crippen molar-refractivity contribution in [3.8, 4) is 0 Å². The summed E-state index contributed by atoms with van der Waals surface area (Å²) >= 11 is 36.2. The van der Waals surface area contributed by atoms with Gasteiger partial charge >= 0.3 is 6.03 Å². The lowest BCUT2D eigenvalue weighted by Crippen LogP contribution is -2.46. The van der Waals surface area contributed by atoms with Crippen molar-refractivity contribution in [2.75, 3.05) is 0 Å². The summed E-state index contributed by atoms with van der Waals surface area (Å²) in [6.07, 6.45) is 0. The third kappa shape index (κ3) is 6.26. The number of nitrogens with one attached hydrogen (secondary N) is 2. The van der Waals surface area contributed by atoms with Crippen LogP contribution in [0.1, 0.15) is 23.2 Å². The molecule has 26 heavy (non-hydrogen) atoms. The summed E-state index contributed by atoms with van der Waals surface area (Å²) in [4.78, 5) is 12.5. The predicted molar refractivity (Wildman–Crippen MR) is 111 cm³/mol. The summed E-state index contributed by atoms with van der Waals surface area (Å²) in [6, 6.07) is 15.2. The number of carbonyl (C=O) groups is 1. The van der Waals surface area contributed by atoms with Crippen LogP contribution in [0.5, 0.6) is 0 Å². The second-order valence-electron chi connectivity index (χ2n) is 5.39. The Bertz CT molecular complexity index is 654. The zero-order valence-corrected chi connectivity index (χ0v) is 17.6. The number of hydrogen-bond acceptors (Lipinski definition) is 1. The van der Waals surface area contributed by atoms with Crippen LogP contribution in [0.4, 0.5) is 4.79 Å². The first-order valence-electron chi connectivity index (χ1n) is 7.39. The Labute approximate surface area is 181 Å². The summed E-state index contributed by atoms with van der Waals surface area (Å²) in [5.41, 5.74) is 1.24. The SMILES string of the molecule is O=C(N[C@H](c1ccccc1)C(Cl)(Cl)Cl)N[C@@H](c1ccccc1)C(Cl)(Cl)Cl. The van der Waals surface area contributed by atoms with Crippen LogP contribution in [0, 0.1) is 0 Å². The molecule has 0 bridgehead atoms. The first kappa shape index (κ1) is 21.7. The van der Waals surface area contributed by atoms with Crippen LogP contribution >= 0.6 is 69.6 Å². The van der Waals surface area contributed by atoms with Gasteiger partial charge < -0.3 is 10.6 Å². The van der Waals surface area contributed by atoms with Crippen molar-refractivity contribution in [2.24, 2.45) is 0 Å². The molecule has 0 radical (unpaired) electrons. The van der Waals surface area contributed by atoms with E-state index in [0.717, 1.165) is 0 Å². The van der Waals surface area contributed by atoms with Gasteiger partial charge in [0.25, 0.3) is 0 Å². The molecule has 0 heterocycles. The number of amides is 2. The summed E-state index contributed by atoms with van der Waals surface area (Å²) in [5, 5.41) is 5.25. The fourth-order valence-electron chi connectivity index (χ4n) is 2.30. The van der Waals surface area contributed by atoms with Gasteiger partial charge in [-0.1, -0.05) is 130 Å². The Morgan fingerprint density at radius 1 is 0.654 bits per heavy atom. The molecule has 2 amide bonds. The van der Waals surface area contributed by atoms with Gasteiger partial charge in [0, 0.05) is 0 Å². The van der Waals surface area contributed by atoms with E-state index in [1.54, 1.807) is 48.5 Å². The molecule has 0 aliphatic carbocycles. The Morgan fingerprint density at radius 3 is 1.23 bits per heavy atom. The monoisotopic (exact) mass is 472 g/mol. The van der Waals surface area contributed by atoms with Crippen molar-refractivity contribution in [1.82, 2.24) is 10.6 Å². The van der Waals surface area contributed by atoms with Gasteiger partial charge in [-0.3, -0.25) is 0 Å². The van der Waals surface area contributed by atoms with E-state index < -0.39 is 25.7 Å². The molecule has 0 saturated heterocycles. The zero-order chi connectivity index (χ0) is 19.4. The highest BCUT2D eigenvalue weighted by atomic mass is 35.6. The van der Waals surface area contributed by atoms with Gasteiger partial charge in [0.05, 0.1) is 0 Å². The van der Waals surface area contributed by atoms with Crippen molar-refractivity contribution in [1.29, 1.82) is 0 Å². The van der Waals surface area contributed by atoms with Crippen LogP contribution in [-0.2, 0) is 0 Å². The summed E-state index contributed by atoms with van der Waals surface area (Å²) < 4.78 is -3.55. The number of urea groups is 1. The van der Waals surface area contributed by atoms with Gasteiger partial charge in [0.2, 0.25) is 7.59 Å². The third-order valence-corrected chi connectivity index (χ3v) is 4.78. The number of carbonyl (C=O) groups excluding carboxylic acids is 1. The fourth-order valence-corrected chi connectivity index (χ4v) is 3.39. The van der Waals surface area contributed by atoms with E-state index in [2.05, 4.69) is 10.6 Å². The quantitative estimate of drug-likeness (QED) is 0.487. The molecule has 0 fully saturated rings. The topological polar surface area (TPSA) is 41.1 Å². The van der Waals surface area contributed by atoms with Crippen LogP contribution in [0.25, 0.3) is 0 Å². The van der Waals surface area contributed by atoms with Gasteiger partial charge in [-0.15, -0.1) is 0 Å². The fraction of sp³-hybridized carbons (Fsp3) is 0.235. The van der Waals surface area contributed by atoms with Gasteiger partial charge in [-0.05, 0) is 11.1 Å². The van der Waals surface area contributed by atoms with Crippen LogP contribution in [0.2, 0.25) is 0 Å². The molecule has 2 rings (SSSR count). The van der Waals surface area contributed by atoms with E-state index in [-0.39, 0.29) is 0 Å². The third-order valence-electron chi connectivity index (χ3n) is 3.47. The largest absolute Gasteiger partial charge is 0.327 e. The molecule has 3 nitrogen and oxygen atoms in total. The maximum atomic E-state index is 12.5. The molecule has 0 spiro atoms. The van der Waals surface area contributed by atoms with Gasteiger partial charge in [-0.2, -0.15) is 0 Å². The molecule has 0 aliphatic rings. The van der Waals surface area contributed by atoms with E-state index in [4.69, 9.17) is 69.6 Å². The molecular weight excluding hydrogens is 461 g/mol. The summed E-state index contributed by atoms with van der Waals surface area (Å²) in [5.74, 6) is 0. The normalized spacial score (nSPS) is 14.4. The van der Waals surface area contributed by atoms with Crippen molar-refractivity contribution in [2.45, 2.75) is 19.7 Å². The summed E-state index contributed by atoms with van der Waals surface area (Å²) in [6.45, 7) is 0. The molecule has 2 aromatic carbocycles. The smallest absolute Gasteiger partial charge is 0.316 e. The van der Waals surface area contributed by atoms with Crippen LogP contribution < -0.4 is 10.6 Å². The molecule has 9 heteroatoms. The predicted octanol–water partition coefficient (Wildman–Crippen LogP) is 6.51. The highest BCUT2D eigenvalue weighted by molar-refractivity contribution is 6.68. The van der Waals surface area contributed by atoms with Gasteiger partial charge in [-0.25, -0.2) is 4.79 Å². The second-order valence-corrected chi connectivity index (χ2v) is 10.1. The summed E-state index contributed by atoms with van der Waals surface area (Å²) in [7, 11) is 0. The minimum Gasteiger partial charge on any atom is -0.327 e. The van der Waals surface area contributed by atoms with Crippen LogP contribution in [0.3, 0.4) is 0 Å². The van der Waals surface area contributed by atoms with Gasteiger partial charge in [0.15, 0.2) is 0 Å². The molecule has 2 N–H and O–H groups in total. The van der Waals surface area contributed by atoms with Crippen molar-refractivity contribution in [3.05, 3.63) is 71.8 Å². The molecule has 2 aromatic rings. The molecule has 0 aromatic heterocycles. The number of benzene rings is 2. The lowest BCUT2D eigenvalue weighted by atomic mass is 10.1. The van der Waals surface area contributed by atoms with E-state index in [1.165, 1.54) is 0 Å². The van der Waals surface area contributed by atoms with E-state index in [9.17, 15) is 4.79 Å². The average molecular weight is 475 g/mol. The minimum atomic E-state index is -1.78. The molecule has 2 atom stereocenters. The number of halogens is 6. The number of hydrogen-bond donors (Lipinski definition) is 2. The van der Waals surface area contributed by atoms with Crippen LogP contribution in [-0.4, -0.2) is 13.6 Å². The van der Waals surface area contributed by atoms with Crippen molar-refractivity contribution >= 4 is 75.6 Å². The molecule has 0 unspecified atom stereocenters. The van der Waals surface area contributed by atoms with E-state index in [0.29, 0.717) is 11.1 Å². The molecular formula is C17H14Cl6N2O. The van der Waals surface area contributed by atoms with Crippen LogP contribution in [0.15, 0.2) is 60.7 Å². The van der Waals surface area contributed by atoms with E-state index in [1.807, 2.05) is 12.1 Å². The number of alkyl halides is 6. The first-order chi connectivity index (χ1) is 12.1. The lowest BCUT2D eigenvalue weighted by Gasteiger charge is -2.30. The average Bonchev–Trinajstić information content (AvgIpc) is 2.57. The zero-order valence-electron chi connectivity index (χ0n) is 13.1. The molecule has 0 aliphatic heterocycles. The highest BCUT2D eigenvalue weighted by Gasteiger charge is 2.38. The first-order valence-corrected chi connectivity index (χ1v) is 9.66. The maximum absolute atomic E-state index is 12.5. The lowest BCUT2D eigenvalue weighted by molar-refractivity contribution is 0.233. The Hall–Kier alpha value is -0.550. The van der Waals surface area contributed by atoms with Crippen molar-refractivity contribution < 1.29 is 4.79 Å². The Morgan fingerprint density at radius 2 is 0.962 bits per heavy atom. The Kier molecular flexibility index (Phi) is 7.61. The van der Waals surface area contributed by atoms with E-state index >= 15 is 0 Å². The van der Waals surface area contributed by atoms with Crippen molar-refractivity contribution in [3.63, 3.8) is 0 Å². The maximum Gasteiger partial charge on any atom is 0.316 e. The highest BCUT2D eigenvalue weighted by Crippen LogP contribution is 2.41. The number of rotatable bonds is 4. The second kappa shape index (κ2) is 9.09. The van der Waals surface area contributed by atoms with Gasteiger partial charge in [0.1, 0.15) is 12.1 Å². The molecule has 140 valence electrons. The molecule has 0 saturated carbocycles. The minimum absolute atomic E-state index is 0.618.